The van der Waals surface area contributed by atoms with Crippen LogP contribution in [0.25, 0.3) is 233 Å². The quantitative estimate of drug-likeness (QED) is 0.133. The third-order valence-corrected chi connectivity index (χ3v) is 23.7. The summed E-state index contributed by atoms with van der Waals surface area (Å²) in [6.45, 7) is 0. The molecule has 0 aliphatic rings. The summed E-state index contributed by atoms with van der Waals surface area (Å²) in [5.41, 5.74) is 29.0. The van der Waals surface area contributed by atoms with Crippen LogP contribution in [0, 0.1) is 0 Å². The number of oxazole rings is 3. The molecule has 18 heteroatoms. The van der Waals surface area contributed by atoms with E-state index in [1.165, 1.54) is 76.2 Å². The zero-order chi connectivity index (χ0) is 80.7. The fraction of sp³-hybridized carbons (Fsp3) is 0. The van der Waals surface area contributed by atoms with E-state index in [1.54, 1.807) is 37.2 Å². The van der Waals surface area contributed by atoms with Gasteiger partial charge in [0.05, 0.1) is 108 Å². The number of hydrogen-bond donors (Lipinski definition) is 0. The second kappa shape index (κ2) is 27.7. The third kappa shape index (κ3) is 11.1. The van der Waals surface area contributed by atoms with Gasteiger partial charge in [0, 0.05) is 124 Å². The Bertz CT molecular complexity index is 7960. The van der Waals surface area contributed by atoms with E-state index >= 15 is 0 Å². The van der Waals surface area contributed by atoms with E-state index < -0.39 is 0 Å². The summed E-state index contributed by atoms with van der Waals surface area (Å²) in [7, 11) is 0. The van der Waals surface area contributed by atoms with Gasteiger partial charge in [-0.2, -0.15) is 0 Å². The maximum Gasteiger partial charge on any atom is 0.246 e. The predicted octanol–water partition coefficient (Wildman–Crippen LogP) is 25.4. The molecule has 0 fully saturated rings. The minimum Gasteiger partial charge on any atom is -0.434 e. The molecular formula is C105H63N15O3. The zero-order valence-corrected chi connectivity index (χ0v) is 65.3. The van der Waals surface area contributed by atoms with Gasteiger partial charge in [0.15, 0.2) is 16.7 Å². The standard InChI is InChI=1S/C36H22N4O.C35H21N5O.C34H20N6O/c1-2-8-24(9-3-1)39-31-12-6-4-10-26(31)28-21-34-29(20-33(28)39)27-11-5-7-13-32(27)40(34)25-16-14-23(15-17-25)36-38-30-18-19-37-22-35(30)41-36;1-2-8-22(9-3-1)39-30-12-6-4-10-24(30)26-19-33-27(18-32(26)39)25-11-5-7-13-31(25)40(33)23-14-15-29(37-20-23)35-38-28-16-17-36-21-34(28)41-35;1-2-6-22(7-3-1)39-27-8-4-15-36-32(27)24-19-30-25(18-29(24)39)33-28(9-5-16-37-33)40(30)23-12-10-21(11-13-23)34-38-26-14-17-35-20-31(26)41-34/h1-22H;1-21H;1-20H. The second-order valence-corrected chi connectivity index (χ2v) is 30.6. The maximum atomic E-state index is 5.97. The minimum absolute atomic E-state index is 0.484. The first-order valence-electron chi connectivity index (χ1n) is 40.6. The van der Waals surface area contributed by atoms with Crippen LogP contribution >= 0.6 is 0 Å². The molecule has 0 saturated heterocycles. The number of nitrogens with zero attached hydrogens (tertiary/aromatic N) is 15. The topological polar surface area (TPSA) is 185 Å². The molecule has 0 bridgehead atoms. The number of hydrogen-bond acceptors (Lipinski definition) is 12. The van der Waals surface area contributed by atoms with Crippen molar-refractivity contribution in [1.82, 2.24) is 72.3 Å². The highest BCUT2D eigenvalue weighted by atomic mass is 16.4. The highest BCUT2D eigenvalue weighted by Gasteiger charge is 2.25. The smallest absolute Gasteiger partial charge is 0.246 e. The average molecular weight is 1580 g/mol. The average Bonchev–Trinajstić information content (AvgIpc) is 1.57. The Morgan fingerprint density at radius 1 is 0.195 bits per heavy atom. The molecule has 0 aliphatic carbocycles. The number of aromatic nitrogens is 15. The highest BCUT2D eigenvalue weighted by Crippen LogP contribution is 2.45. The lowest BCUT2D eigenvalue weighted by Gasteiger charge is -2.09. The van der Waals surface area contributed by atoms with Crippen molar-refractivity contribution in [3.8, 4) is 68.6 Å². The van der Waals surface area contributed by atoms with Crippen molar-refractivity contribution in [3.63, 3.8) is 0 Å². The molecule has 27 rings (SSSR count). The van der Waals surface area contributed by atoms with Gasteiger partial charge in [0.25, 0.3) is 0 Å². The van der Waals surface area contributed by atoms with Gasteiger partial charge in [-0.3, -0.25) is 24.9 Å². The second-order valence-electron chi connectivity index (χ2n) is 30.6. The summed E-state index contributed by atoms with van der Waals surface area (Å²) in [6, 6.07) is 115. The van der Waals surface area contributed by atoms with Gasteiger partial charge in [-0.05, 0) is 200 Å². The van der Waals surface area contributed by atoms with Crippen molar-refractivity contribution in [2.45, 2.75) is 0 Å². The van der Waals surface area contributed by atoms with E-state index in [9.17, 15) is 0 Å². The first-order valence-corrected chi connectivity index (χ1v) is 40.6. The molecule has 0 aliphatic heterocycles. The summed E-state index contributed by atoms with van der Waals surface area (Å²) in [4.78, 5) is 40.7. The van der Waals surface area contributed by atoms with Crippen molar-refractivity contribution in [2.75, 3.05) is 0 Å². The Balaban J connectivity index is 0.000000101. The van der Waals surface area contributed by atoms with Crippen LogP contribution in [0.1, 0.15) is 0 Å². The number of rotatable bonds is 9. The van der Waals surface area contributed by atoms with Crippen molar-refractivity contribution in [3.05, 3.63) is 383 Å². The Hall–Kier alpha value is -17.3. The molecule has 15 aromatic heterocycles. The number of pyridine rings is 6. The van der Waals surface area contributed by atoms with E-state index in [2.05, 4.69) is 330 Å². The first-order chi connectivity index (χ1) is 61.0. The Labute approximate surface area is 697 Å². The van der Waals surface area contributed by atoms with E-state index in [4.69, 9.17) is 28.2 Å². The summed E-state index contributed by atoms with van der Waals surface area (Å²) in [6.07, 6.45) is 15.8. The molecule has 0 saturated carbocycles. The van der Waals surface area contributed by atoms with Gasteiger partial charge in [-0.25, -0.2) is 19.9 Å². The maximum absolute atomic E-state index is 5.97. The first kappa shape index (κ1) is 68.9. The minimum atomic E-state index is 0.484. The summed E-state index contributed by atoms with van der Waals surface area (Å²) in [5, 5.41) is 11.9. The monoisotopic (exact) mass is 1580 g/mol. The van der Waals surface area contributed by atoms with Crippen molar-refractivity contribution >= 4 is 164 Å². The van der Waals surface area contributed by atoms with Gasteiger partial charge in [-0.1, -0.05) is 127 Å². The van der Waals surface area contributed by atoms with Gasteiger partial charge < -0.3 is 40.7 Å². The number of para-hydroxylation sites is 7. The van der Waals surface area contributed by atoms with Gasteiger partial charge in [-0.15, -0.1) is 0 Å². The molecular weight excluding hydrogens is 1520 g/mol. The zero-order valence-electron chi connectivity index (χ0n) is 65.3. The molecule has 27 aromatic rings. The number of fused-ring (bicyclic) bond motifs is 21. The molecule has 0 amide bonds. The molecule has 0 radical (unpaired) electrons. The lowest BCUT2D eigenvalue weighted by molar-refractivity contribution is 0.615. The van der Waals surface area contributed by atoms with E-state index in [-0.39, 0.29) is 0 Å². The van der Waals surface area contributed by atoms with Crippen LogP contribution < -0.4 is 0 Å². The van der Waals surface area contributed by atoms with Crippen LogP contribution in [-0.2, 0) is 0 Å². The van der Waals surface area contributed by atoms with Crippen LogP contribution in [0.5, 0.6) is 0 Å². The fourth-order valence-electron chi connectivity index (χ4n) is 18.3. The van der Waals surface area contributed by atoms with Crippen LogP contribution in [0.3, 0.4) is 0 Å². The highest BCUT2D eigenvalue weighted by molar-refractivity contribution is 6.22. The summed E-state index contributed by atoms with van der Waals surface area (Å²) in [5.74, 6) is 1.65. The molecule has 123 heavy (non-hydrogen) atoms. The van der Waals surface area contributed by atoms with Crippen molar-refractivity contribution < 1.29 is 13.3 Å². The van der Waals surface area contributed by atoms with Crippen LogP contribution in [0.4, 0.5) is 0 Å². The van der Waals surface area contributed by atoms with Gasteiger partial charge >= 0.3 is 0 Å². The van der Waals surface area contributed by atoms with E-state index in [0.29, 0.717) is 40.1 Å². The summed E-state index contributed by atoms with van der Waals surface area (Å²) >= 11 is 0. The SMILES string of the molecule is c1ccc(-n2c3cc4c5ncccc5n(-c5ccc(-c6nc7ccncc7o6)cc5)c4cc3c3ncccc32)cc1.c1ccc(-n2c3ccccc3c3cc4c(cc32)c2ccccc2n4-c2ccc(-c3nc4ccncc4o3)cc2)cc1.c1ccc(-n2c3ccccc3c3cc4c(cc32)c2ccccc2n4-c2ccc(-c3nc4ccncc4o3)nc2)cc1. The third-order valence-electron chi connectivity index (χ3n) is 23.7. The normalized spacial score (nSPS) is 11.9. The van der Waals surface area contributed by atoms with Gasteiger partial charge in [0.1, 0.15) is 22.2 Å². The van der Waals surface area contributed by atoms with E-state index in [1.807, 2.05) is 73.2 Å². The Kier molecular flexibility index (Phi) is 15.5. The molecule has 0 unspecified atom stereocenters. The predicted molar refractivity (Wildman–Crippen MR) is 491 cm³/mol. The van der Waals surface area contributed by atoms with Gasteiger partial charge in [0.2, 0.25) is 17.7 Å². The Morgan fingerprint density at radius 2 is 0.488 bits per heavy atom. The molecule has 18 nitrogen and oxygen atoms in total. The lowest BCUT2D eigenvalue weighted by atomic mass is 10.1. The fourth-order valence-corrected chi connectivity index (χ4v) is 18.3. The number of benzene rings is 12. The van der Waals surface area contributed by atoms with Crippen LogP contribution in [0.2, 0.25) is 0 Å². The molecule has 12 aromatic carbocycles. The van der Waals surface area contributed by atoms with Crippen LogP contribution in [-0.4, -0.2) is 72.3 Å². The van der Waals surface area contributed by atoms with Crippen LogP contribution in [0.15, 0.2) is 397 Å². The molecule has 15 heterocycles. The molecule has 0 spiro atoms. The van der Waals surface area contributed by atoms with Crippen molar-refractivity contribution in [1.29, 1.82) is 0 Å². The largest absolute Gasteiger partial charge is 0.434 e. The molecule has 576 valence electrons. The van der Waals surface area contributed by atoms with E-state index in [0.717, 1.165) is 117 Å². The lowest BCUT2D eigenvalue weighted by Crippen LogP contribution is -1.96. The molecule has 0 N–H and O–H groups in total. The van der Waals surface area contributed by atoms with Crippen molar-refractivity contribution in [2.24, 2.45) is 0 Å². The Morgan fingerprint density at radius 3 is 0.846 bits per heavy atom. The molecule has 0 atom stereocenters. The summed E-state index contributed by atoms with van der Waals surface area (Å²) < 4.78 is 31.8.